The molecule has 0 saturated carbocycles. The minimum atomic E-state index is 0.326. The molecule has 18 heavy (non-hydrogen) atoms. The Balaban J connectivity index is 1.84. The molecular weight excluding hydrogens is 316 g/mol. The number of H-pyrrole nitrogens is 1. The molecule has 0 aliphatic carbocycles. The predicted molar refractivity (Wildman–Crippen MR) is 73.2 cm³/mol. The Morgan fingerprint density at radius 2 is 2.28 bits per heavy atom. The summed E-state index contributed by atoms with van der Waals surface area (Å²) < 4.78 is 2.94. The Labute approximate surface area is 115 Å². The van der Waals surface area contributed by atoms with Gasteiger partial charge in [0.1, 0.15) is 10.3 Å². The van der Waals surface area contributed by atoms with Crippen molar-refractivity contribution >= 4 is 39.3 Å². The number of fused-ring (bicyclic) bond motifs is 1. The standard InChI is InChI=1S/C10H9BrN6S/c11-8-6(5-18-10-14-9(12)15-16-10)13-7-3-1-2-4-17(7)8/h1-4H,5H2,(H3,12,14,15,16). The van der Waals surface area contributed by atoms with Gasteiger partial charge in [-0.1, -0.05) is 17.8 Å². The molecule has 0 amide bonds. The third kappa shape index (κ3) is 2.08. The highest BCUT2D eigenvalue weighted by molar-refractivity contribution is 9.10. The van der Waals surface area contributed by atoms with Crippen LogP contribution in [0.5, 0.6) is 0 Å². The molecule has 3 N–H and O–H groups in total. The lowest BCUT2D eigenvalue weighted by Crippen LogP contribution is -1.86. The van der Waals surface area contributed by atoms with Crippen LogP contribution >= 0.6 is 27.7 Å². The van der Waals surface area contributed by atoms with Gasteiger partial charge in [-0.05, 0) is 28.1 Å². The van der Waals surface area contributed by atoms with Gasteiger partial charge in [0.15, 0.2) is 0 Å². The van der Waals surface area contributed by atoms with Gasteiger partial charge in [0, 0.05) is 11.9 Å². The monoisotopic (exact) mass is 324 g/mol. The summed E-state index contributed by atoms with van der Waals surface area (Å²) in [6, 6.07) is 5.89. The highest BCUT2D eigenvalue weighted by Gasteiger charge is 2.10. The molecule has 3 aromatic rings. The van der Waals surface area contributed by atoms with Crippen LogP contribution in [-0.4, -0.2) is 24.6 Å². The third-order valence-electron chi connectivity index (χ3n) is 2.36. The second-order valence-corrected chi connectivity index (χ2v) is 5.26. The molecule has 0 fully saturated rings. The number of hydrogen-bond acceptors (Lipinski definition) is 5. The van der Waals surface area contributed by atoms with Crippen molar-refractivity contribution in [2.24, 2.45) is 0 Å². The van der Waals surface area contributed by atoms with Gasteiger partial charge in [0.05, 0.1) is 5.69 Å². The predicted octanol–water partition coefficient (Wildman–Crippen LogP) is 2.09. The molecule has 0 unspecified atom stereocenters. The fourth-order valence-electron chi connectivity index (χ4n) is 1.56. The number of pyridine rings is 1. The van der Waals surface area contributed by atoms with Gasteiger partial charge in [-0.3, -0.25) is 4.40 Å². The number of hydrogen-bond donors (Lipinski definition) is 2. The van der Waals surface area contributed by atoms with Crippen molar-refractivity contribution in [2.45, 2.75) is 10.9 Å². The van der Waals surface area contributed by atoms with E-state index in [0.29, 0.717) is 16.9 Å². The second kappa shape index (κ2) is 4.62. The molecule has 0 aromatic carbocycles. The number of rotatable bonds is 3. The number of halogens is 1. The average molecular weight is 325 g/mol. The van der Waals surface area contributed by atoms with Crippen LogP contribution in [0, 0.1) is 0 Å². The van der Waals surface area contributed by atoms with Crippen LogP contribution in [0.4, 0.5) is 5.95 Å². The molecule has 0 bridgehead atoms. The van der Waals surface area contributed by atoms with Crippen molar-refractivity contribution in [1.82, 2.24) is 24.6 Å². The van der Waals surface area contributed by atoms with Crippen LogP contribution in [-0.2, 0) is 5.75 Å². The van der Waals surface area contributed by atoms with E-state index in [1.54, 1.807) is 0 Å². The minimum Gasteiger partial charge on any atom is -0.368 e. The Hall–Kier alpha value is -1.54. The molecule has 0 aliphatic heterocycles. The van der Waals surface area contributed by atoms with E-state index in [1.165, 1.54) is 11.8 Å². The van der Waals surface area contributed by atoms with E-state index in [0.717, 1.165) is 15.9 Å². The summed E-state index contributed by atoms with van der Waals surface area (Å²) >= 11 is 5.03. The fraction of sp³-hybridized carbons (Fsp3) is 0.100. The molecule has 3 heterocycles. The summed E-state index contributed by atoms with van der Waals surface area (Å²) in [6.45, 7) is 0. The lowest BCUT2D eigenvalue weighted by Gasteiger charge is -1.95. The first-order valence-corrected chi connectivity index (χ1v) is 6.94. The largest absolute Gasteiger partial charge is 0.368 e. The first kappa shape index (κ1) is 11.5. The van der Waals surface area contributed by atoms with Crippen molar-refractivity contribution in [3.63, 3.8) is 0 Å². The molecule has 6 nitrogen and oxygen atoms in total. The van der Waals surface area contributed by atoms with E-state index in [1.807, 2.05) is 28.8 Å². The topological polar surface area (TPSA) is 84.9 Å². The smallest absolute Gasteiger partial charge is 0.216 e. The van der Waals surface area contributed by atoms with Crippen molar-refractivity contribution in [3.8, 4) is 0 Å². The maximum absolute atomic E-state index is 5.47. The zero-order valence-electron chi connectivity index (χ0n) is 9.17. The number of aromatic nitrogens is 5. The molecule has 0 radical (unpaired) electrons. The van der Waals surface area contributed by atoms with Crippen LogP contribution in [0.2, 0.25) is 0 Å². The van der Waals surface area contributed by atoms with E-state index in [4.69, 9.17) is 5.73 Å². The SMILES string of the molecule is Nc1nc(SCc2nc3ccccn3c2Br)n[nH]1. The van der Waals surface area contributed by atoms with Crippen molar-refractivity contribution in [2.75, 3.05) is 5.73 Å². The minimum absolute atomic E-state index is 0.326. The zero-order chi connectivity index (χ0) is 12.5. The van der Waals surface area contributed by atoms with Gasteiger partial charge in [0.25, 0.3) is 0 Å². The molecule has 0 atom stereocenters. The van der Waals surface area contributed by atoms with Crippen LogP contribution in [0.25, 0.3) is 5.65 Å². The Bertz CT molecular complexity index is 691. The average Bonchev–Trinajstić information content (AvgIpc) is 2.92. The van der Waals surface area contributed by atoms with Gasteiger partial charge in [0.2, 0.25) is 11.1 Å². The van der Waals surface area contributed by atoms with E-state index in [9.17, 15) is 0 Å². The molecule has 0 spiro atoms. The number of nitrogen functional groups attached to an aromatic ring is 1. The fourth-order valence-corrected chi connectivity index (χ4v) is 3.02. The van der Waals surface area contributed by atoms with Gasteiger partial charge < -0.3 is 5.73 Å². The summed E-state index contributed by atoms with van der Waals surface area (Å²) in [7, 11) is 0. The zero-order valence-corrected chi connectivity index (χ0v) is 11.6. The number of thioether (sulfide) groups is 1. The number of nitrogens with zero attached hydrogens (tertiary/aromatic N) is 4. The van der Waals surface area contributed by atoms with Crippen molar-refractivity contribution in [3.05, 3.63) is 34.7 Å². The second-order valence-electron chi connectivity index (χ2n) is 3.57. The summed E-state index contributed by atoms with van der Waals surface area (Å²) in [5, 5.41) is 7.19. The van der Waals surface area contributed by atoms with E-state index in [-0.39, 0.29) is 0 Å². The Morgan fingerprint density at radius 1 is 1.39 bits per heavy atom. The molecule has 0 saturated heterocycles. The van der Waals surface area contributed by atoms with Gasteiger partial charge in [-0.2, -0.15) is 4.98 Å². The van der Waals surface area contributed by atoms with Crippen molar-refractivity contribution < 1.29 is 0 Å². The first-order chi connectivity index (χ1) is 8.74. The normalized spacial score (nSPS) is 11.2. The van der Waals surface area contributed by atoms with Gasteiger partial charge >= 0.3 is 0 Å². The number of nitrogens with one attached hydrogen (secondary N) is 1. The quantitative estimate of drug-likeness (QED) is 0.720. The Kier molecular flexibility index (Phi) is 2.96. The highest BCUT2D eigenvalue weighted by Crippen LogP contribution is 2.25. The van der Waals surface area contributed by atoms with E-state index in [2.05, 4.69) is 36.1 Å². The number of anilines is 1. The summed E-state index contributed by atoms with van der Waals surface area (Å²) in [5.74, 6) is 1.01. The van der Waals surface area contributed by atoms with Gasteiger partial charge in [-0.25, -0.2) is 10.1 Å². The van der Waals surface area contributed by atoms with Crippen molar-refractivity contribution in [1.29, 1.82) is 0 Å². The molecule has 0 aliphatic rings. The van der Waals surface area contributed by atoms with Crippen LogP contribution in [0.1, 0.15) is 5.69 Å². The molecule has 3 rings (SSSR count). The lowest BCUT2D eigenvalue weighted by atomic mass is 10.5. The first-order valence-electron chi connectivity index (χ1n) is 5.16. The number of aromatic amines is 1. The van der Waals surface area contributed by atoms with Gasteiger partial charge in [-0.15, -0.1) is 5.10 Å². The summed E-state index contributed by atoms with van der Waals surface area (Å²) in [5.41, 5.74) is 7.33. The van der Waals surface area contributed by atoms with E-state index >= 15 is 0 Å². The molecule has 3 aromatic heterocycles. The maximum atomic E-state index is 5.47. The Morgan fingerprint density at radius 3 is 3.00 bits per heavy atom. The highest BCUT2D eigenvalue weighted by atomic mass is 79.9. The van der Waals surface area contributed by atoms with Crippen LogP contribution in [0.3, 0.4) is 0 Å². The van der Waals surface area contributed by atoms with Crippen LogP contribution in [0.15, 0.2) is 34.2 Å². The maximum Gasteiger partial charge on any atom is 0.216 e. The number of nitrogens with two attached hydrogens (primary N) is 1. The van der Waals surface area contributed by atoms with Crippen LogP contribution < -0.4 is 5.73 Å². The molecule has 92 valence electrons. The molecular formula is C10H9BrN6S. The summed E-state index contributed by atoms with van der Waals surface area (Å²) in [6.07, 6.45) is 1.96. The lowest BCUT2D eigenvalue weighted by molar-refractivity contribution is 0.972. The summed E-state index contributed by atoms with van der Waals surface area (Å²) in [4.78, 5) is 8.57. The third-order valence-corrected chi connectivity index (χ3v) is 4.06. The number of imidazole rings is 1. The molecule has 8 heteroatoms. The van der Waals surface area contributed by atoms with E-state index < -0.39 is 0 Å².